The van der Waals surface area contributed by atoms with Crippen LogP contribution < -0.4 is 0 Å². The molecular weight excluding hydrogens is 215 g/mol. The Morgan fingerprint density at radius 3 is 2.87 bits per heavy atom. The van der Waals surface area contributed by atoms with Gasteiger partial charge in [0.1, 0.15) is 11.9 Å². The highest BCUT2D eigenvalue weighted by Crippen LogP contribution is 2.22. The number of halogens is 1. The monoisotopic (exact) mass is 224 g/mol. The van der Waals surface area contributed by atoms with Crippen molar-refractivity contribution in [1.29, 1.82) is 0 Å². The number of thiazole rings is 1. The predicted octanol–water partition coefficient (Wildman–Crippen LogP) is 2.07. The first-order chi connectivity index (χ1) is 7.16. The zero-order chi connectivity index (χ0) is 10.8. The zero-order valence-corrected chi connectivity index (χ0v) is 8.83. The molecule has 0 spiro atoms. The van der Waals surface area contributed by atoms with Crippen LogP contribution in [0.1, 0.15) is 22.4 Å². The normalized spacial score (nSPS) is 12.7. The number of hydrogen-bond donors (Lipinski definition) is 1. The van der Waals surface area contributed by atoms with Gasteiger partial charge in [-0.2, -0.15) is 0 Å². The molecule has 0 aromatic carbocycles. The van der Waals surface area contributed by atoms with Crippen LogP contribution in [0.15, 0.2) is 23.8 Å². The lowest BCUT2D eigenvalue weighted by Gasteiger charge is -2.06. The molecule has 2 rings (SSSR count). The maximum Gasteiger partial charge on any atom is 0.141 e. The van der Waals surface area contributed by atoms with E-state index in [1.807, 2.05) is 6.92 Å². The Hall–Kier alpha value is -1.33. The molecule has 2 aromatic rings. The highest BCUT2D eigenvalue weighted by Gasteiger charge is 2.14. The van der Waals surface area contributed by atoms with E-state index < -0.39 is 11.9 Å². The number of aryl methyl sites for hydroxylation is 1. The fraction of sp³-hybridized carbons (Fsp3) is 0.200. The first-order valence-corrected chi connectivity index (χ1v) is 5.25. The van der Waals surface area contributed by atoms with Crippen molar-refractivity contribution in [2.24, 2.45) is 0 Å². The van der Waals surface area contributed by atoms with Crippen LogP contribution in [0.25, 0.3) is 0 Å². The maximum atomic E-state index is 12.9. The molecule has 0 amide bonds. The molecule has 5 heteroatoms. The number of aliphatic hydroxyl groups is 1. The summed E-state index contributed by atoms with van der Waals surface area (Å²) in [6.07, 6.45) is 1.63. The molecule has 1 atom stereocenters. The average molecular weight is 224 g/mol. The third-order valence-corrected chi connectivity index (χ3v) is 2.75. The van der Waals surface area contributed by atoms with E-state index in [2.05, 4.69) is 9.97 Å². The van der Waals surface area contributed by atoms with Gasteiger partial charge < -0.3 is 5.11 Å². The quantitative estimate of drug-likeness (QED) is 0.849. The highest BCUT2D eigenvalue weighted by molar-refractivity contribution is 7.09. The van der Waals surface area contributed by atoms with Crippen LogP contribution in [-0.2, 0) is 0 Å². The first-order valence-electron chi connectivity index (χ1n) is 4.37. The molecule has 1 N–H and O–H groups in total. The van der Waals surface area contributed by atoms with Crippen molar-refractivity contribution >= 4 is 11.3 Å². The summed E-state index contributed by atoms with van der Waals surface area (Å²) in [6.45, 7) is 1.85. The van der Waals surface area contributed by atoms with E-state index in [-0.39, 0.29) is 0 Å². The number of aliphatic hydroxyl groups excluding tert-OH is 1. The van der Waals surface area contributed by atoms with Crippen LogP contribution in [0.5, 0.6) is 0 Å². The van der Waals surface area contributed by atoms with Gasteiger partial charge in [0.2, 0.25) is 0 Å². The van der Waals surface area contributed by atoms with Crippen molar-refractivity contribution < 1.29 is 9.50 Å². The number of pyridine rings is 1. The van der Waals surface area contributed by atoms with Gasteiger partial charge in [0.25, 0.3) is 0 Å². The van der Waals surface area contributed by atoms with Crippen molar-refractivity contribution in [2.45, 2.75) is 13.0 Å². The Kier molecular flexibility index (Phi) is 2.75. The van der Waals surface area contributed by atoms with Crippen LogP contribution >= 0.6 is 11.3 Å². The summed E-state index contributed by atoms with van der Waals surface area (Å²) in [7, 11) is 0. The van der Waals surface area contributed by atoms with E-state index in [4.69, 9.17) is 0 Å². The van der Waals surface area contributed by atoms with E-state index in [1.54, 1.807) is 5.38 Å². The molecule has 0 aliphatic rings. The number of hydrogen-bond acceptors (Lipinski definition) is 4. The van der Waals surface area contributed by atoms with Gasteiger partial charge in [-0.15, -0.1) is 11.3 Å². The lowest BCUT2D eigenvalue weighted by Crippen LogP contribution is -2.01. The van der Waals surface area contributed by atoms with Crippen LogP contribution in [0, 0.1) is 12.7 Å². The minimum absolute atomic E-state index is 0.417. The Morgan fingerprint density at radius 1 is 1.47 bits per heavy atom. The van der Waals surface area contributed by atoms with Gasteiger partial charge in [-0.3, -0.25) is 4.98 Å². The SMILES string of the molecule is Cc1nc(C(O)c2cncc(F)c2)cs1. The average Bonchev–Trinajstić information content (AvgIpc) is 2.64. The Bertz CT molecular complexity index is 472. The Labute approximate surface area is 90.3 Å². The minimum atomic E-state index is -0.904. The molecule has 0 radical (unpaired) electrons. The Morgan fingerprint density at radius 2 is 2.27 bits per heavy atom. The minimum Gasteiger partial charge on any atom is -0.382 e. The summed E-state index contributed by atoms with van der Waals surface area (Å²) >= 11 is 1.45. The highest BCUT2D eigenvalue weighted by atomic mass is 32.1. The molecule has 0 saturated carbocycles. The molecular formula is C10H9FN2OS. The maximum absolute atomic E-state index is 12.9. The lowest BCUT2D eigenvalue weighted by atomic mass is 10.1. The van der Waals surface area contributed by atoms with Gasteiger partial charge in [0.15, 0.2) is 0 Å². The molecule has 0 aliphatic heterocycles. The molecule has 2 heterocycles. The van der Waals surface area contributed by atoms with Crippen LogP contribution in [0.2, 0.25) is 0 Å². The molecule has 15 heavy (non-hydrogen) atoms. The second-order valence-electron chi connectivity index (χ2n) is 3.13. The summed E-state index contributed by atoms with van der Waals surface area (Å²) in [4.78, 5) is 7.81. The molecule has 3 nitrogen and oxygen atoms in total. The van der Waals surface area contributed by atoms with Crippen molar-refractivity contribution in [3.05, 3.63) is 45.9 Å². The van der Waals surface area contributed by atoms with Crippen molar-refractivity contribution in [3.8, 4) is 0 Å². The van der Waals surface area contributed by atoms with E-state index in [1.165, 1.54) is 23.6 Å². The summed E-state index contributed by atoms with van der Waals surface area (Å²) in [5, 5.41) is 12.5. The molecule has 0 fully saturated rings. The zero-order valence-electron chi connectivity index (χ0n) is 8.01. The molecule has 0 bridgehead atoms. The first kappa shape index (κ1) is 10.2. The topological polar surface area (TPSA) is 46.0 Å². The molecule has 78 valence electrons. The van der Waals surface area contributed by atoms with E-state index in [0.717, 1.165) is 11.2 Å². The van der Waals surface area contributed by atoms with Crippen molar-refractivity contribution in [3.63, 3.8) is 0 Å². The third-order valence-electron chi connectivity index (χ3n) is 1.96. The predicted molar refractivity (Wildman–Crippen MR) is 55.1 cm³/mol. The standard InChI is InChI=1S/C10H9FN2OS/c1-6-13-9(5-15-6)10(14)7-2-8(11)4-12-3-7/h2-5,10,14H,1H3. The second-order valence-corrected chi connectivity index (χ2v) is 4.19. The molecule has 2 aromatic heterocycles. The van der Waals surface area contributed by atoms with Crippen LogP contribution in [0.4, 0.5) is 4.39 Å². The smallest absolute Gasteiger partial charge is 0.141 e. The third kappa shape index (κ3) is 2.19. The van der Waals surface area contributed by atoms with E-state index in [9.17, 15) is 9.50 Å². The van der Waals surface area contributed by atoms with Gasteiger partial charge in [-0.1, -0.05) is 0 Å². The van der Waals surface area contributed by atoms with Crippen LogP contribution in [-0.4, -0.2) is 15.1 Å². The van der Waals surface area contributed by atoms with E-state index >= 15 is 0 Å². The molecule has 1 unspecified atom stereocenters. The van der Waals surface area contributed by atoms with Crippen LogP contribution in [0.3, 0.4) is 0 Å². The second kappa shape index (κ2) is 4.04. The summed E-state index contributed by atoms with van der Waals surface area (Å²) in [5.74, 6) is -0.460. The summed E-state index contributed by atoms with van der Waals surface area (Å²) in [6, 6.07) is 1.26. The van der Waals surface area contributed by atoms with E-state index in [0.29, 0.717) is 11.3 Å². The van der Waals surface area contributed by atoms with Gasteiger partial charge in [-0.25, -0.2) is 9.37 Å². The fourth-order valence-corrected chi connectivity index (χ4v) is 1.89. The summed E-state index contributed by atoms with van der Waals surface area (Å²) < 4.78 is 12.9. The van der Waals surface area contributed by atoms with Gasteiger partial charge in [0.05, 0.1) is 16.9 Å². The molecule has 0 saturated heterocycles. The molecule has 0 aliphatic carbocycles. The Balaban J connectivity index is 2.32. The lowest BCUT2D eigenvalue weighted by molar-refractivity contribution is 0.215. The van der Waals surface area contributed by atoms with Gasteiger partial charge in [0, 0.05) is 17.1 Å². The summed E-state index contributed by atoms with van der Waals surface area (Å²) in [5.41, 5.74) is 0.949. The number of rotatable bonds is 2. The van der Waals surface area contributed by atoms with Gasteiger partial charge in [-0.05, 0) is 13.0 Å². The van der Waals surface area contributed by atoms with Gasteiger partial charge >= 0.3 is 0 Å². The van der Waals surface area contributed by atoms with Crippen molar-refractivity contribution in [2.75, 3.05) is 0 Å². The largest absolute Gasteiger partial charge is 0.382 e. The number of aromatic nitrogens is 2. The number of nitrogens with zero attached hydrogens (tertiary/aromatic N) is 2. The fourth-order valence-electron chi connectivity index (χ4n) is 1.25. The van der Waals surface area contributed by atoms with Crippen molar-refractivity contribution in [1.82, 2.24) is 9.97 Å².